The van der Waals surface area contributed by atoms with Crippen LogP contribution in [0.15, 0.2) is 70.6 Å². The summed E-state index contributed by atoms with van der Waals surface area (Å²) < 4.78 is 0. The zero-order valence-electron chi connectivity index (χ0n) is 11.1. The van der Waals surface area contributed by atoms with Crippen molar-refractivity contribution in [3.8, 4) is 11.1 Å². The summed E-state index contributed by atoms with van der Waals surface area (Å²) in [6.45, 7) is 0. The van der Waals surface area contributed by atoms with Crippen molar-refractivity contribution in [2.24, 2.45) is 9.98 Å². The quantitative estimate of drug-likeness (QED) is 0.416. The Morgan fingerprint density at radius 3 is 2.38 bits per heavy atom. The van der Waals surface area contributed by atoms with Gasteiger partial charge in [-0.3, -0.25) is 0 Å². The molecule has 0 saturated heterocycles. The van der Waals surface area contributed by atoms with Crippen LogP contribution in [0.25, 0.3) is 11.1 Å². The lowest BCUT2D eigenvalue weighted by atomic mass is 10.0. The van der Waals surface area contributed by atoms with Gasteiger partial charge in [0.25, 0.3) is 0 Å². The fraction of sp³-hybridized carbons (Fsp3) is 0. The van der Waals surface area contributed by atoms with Gasteiger partial charge in [0.15, 0.2) is 0 Å². The van der Waals surface area contributed by atoms with Gasteiger partial charge in [-0.2, -0.15) is 0 Å². The predicted octanol–water partition coefficient (Wildman–Crippen LogP) is 3.59. The van der Waals surface area contributed by atoms with Gasteiger partial charge in [-0.05, 0) is 24.3 Å². The van der Waals surface area contributed by atoms with Gasteiger partial charge < -0.3 is 0 Å². The molecule has 2 nitrogen and oxygen atoms in total. The second-order valence-electron chi connectivity index (χ2n) is 5.11. The van der Waals surface area contributed by atoms with Gasteiger partial charge in [0.05, 0.1) is 22.1 Å². The van der Waals surface area contributed by atoms with Crippen molar-refractivity contribution in [2.45, 2.75) is 0 Å². The predicted molar refractivity (Wildman–Crippen MR) is 84.9 cm³/mol. The molecule has 3 heteroatoms. The molecule has 2 aliphatic heterocycles. The molecule has 0 unspecified atom stereocenters. The Morgan fingerprint density at radius 1 is 0.619 bits per heavy atom. The van der Waals surface area contributed by atoms with Crippen LogP contribution in [0.1, 0.15) is 0 Å². The highest BCUT2D eigenvalue weighted by atomic mass is 35.5. The molecule has 0 N–H and O–H groups in total. The zero-order valence-corrected chi connectivity index (χ0v) is 11.9. The van der Waals surface area contributed by atoms with Crippen LogP contribution in [0.3, 0.4) is 0 Å². The Balaban J connectivity index is 0.00000115. The molecule has 0 amide bonds. The molecular formula is C18H11ClN2. The molecule has 0 aliphatic carbocycles. The molecule has 0 atom stereocenters. The van der Waals surface area contributed by atoms with E-state index in [-0.39, 0.29) is 12.4 Å². The number of benzene rings is 3. The first-order chi connectivity index (χ1) is 9.92. The molecule has 3 aromatic rings. The first-order valence-electron chi connectivity index (χ1n) is 6.71. The van der Waals surface area contributed by atoms with E-state index >= 15 is 0 Å². The highest BCUT2D eigenvalue weighted by Crippen LogP contribution is 2.38. The van der Waals surface area contributed by atoms with Gasteiger partial charge in [-0.15, -0.1) is 12.4 Å². The Bertz CT molecular complexity index is 1100. The van der Waals surface area contributed by atoms with E-state index in [1.54, 1.807) is 0 Å². The number of halogens is 1. The standard InChI is InChI=1S/C18H10N2.ClH/c1-3-7-14-11(5-1)12-9-10-16-17(18(12)20-14)13-6-2-4-8-15(13)19-16;/h1-10H;1H. The van der Waals surface area contributed by atoms with Crippen LogP contribution in [-0.4, -0.2) is 0 Å². The molecule has 3 aromatic carbocycles. The van der Waals surface area contributed by atoms with Crippen molar-refractivity contribution in [1.82, 2.24) is 0 Å². The maximum atomic E-state index is 4.83. The third kappa shape index (κ3) is 1.54. The minimum Gasteiger partial charge on any atom is -0.248 e. The number of hydrogen-bond donors (Lipinski definition) is 0. The molecule has 0 spiro atoms. The van der Waals surface area contributed by atoms with Crippen molar-refractivity contribution < 1.29 is 0 Å². The van der Waals surface area contributed by atoms with E-state index in [9.17, 15) is 0 Å². The summed E-state index contributed by atoms with van der Waals surface area (Å²) in [7, 11) is 0. The molecular weight excluding hydrogens is 280 g/mol. The van der Waals surface area contributed by atoms with E-state index in [2.05, 4.69) is 48.5 Å². The van der Waals surface area contributed by atoms with Crippen LogP contribution in [0.5, 0.6) is 0 Å². The van der Waals surface area contributed by atoms with Crippen LogP contribution in [0.4, 0.5) is 11.4 Å². The lowest BCUT2D eigenvalue weighted by Gasteiger charge is -2.01. The minimum atomic E-state index is 0. The Labute approximate surface area is 127 Å². The van der Waals surface area contributed by atoms with Crippen molar-refractivity contribution in [1.29, 1.82) is 0 Å². The molecule has 100 valence electrons. The summed E-state index contributed by atoms with van der Waals surface area (Å²) in [6.07, 6.45) is 0. The maximum Gasteiger partial charge on any atom is 0.0817 e. The van der Waals surface area contributed by atoms with Gasteiger partial charge >= 0.3 is 0 Å². The van der Waals surface area contributed by atoms with E-state index in [0.717, 1.165) is 22.1 Å². The first-order valence-corrected chi connectivity index (χ1v) is 6.71. The van der Waals surface area contributed by atoms with Crippen molar-refractivity contribution >= 4 is 23.8 Å². The van der Waals surface area contributed by atoms with E-state index in [4.69, 9.17) is 9.98 Å². The smallest absolute Gasteiger partial charge is 0.0817 e. The third-order valence-corrected chi connectivity index (χ3v) is 4.00. The van der Waals surface area contributed by atoms with Gasteiger partial charge in [0.1, 0.15) is 0 Å². The van der Waals surface area contributed by atoms with Gasteiger partial charge in [0, 0.05) is 21.6 Å². The minimum absolute atomic E-state index is 0. The highest BCUT2D eigenvalue weighted by Gasteiger charge is 2.19. The highest BCUT2D eigenvalue weighted by molar-refractivity contribution is 5.86. The number of fused-ring (bicyclic) bond motifs is 6. The molecule has 0 saturated carbocycles. The van der Waals surface area contributed by atoms with Crippen LogP contribution < -0.4 is 10.7 Å². The van der Waals surface area contributed by atoms with Crippen LogP contribution in [0, 0.1) is 10.4 Å². The van der Waals surface area contributed by atoms with E-state index < -0.39 is 0 Å². The van der Waals surface area contributed by atoms with Gasteiger partial charge in [0.2, 0.25) is 0 Å². The van der Waals surface area contributed by atoms with Crippen molar-refractivity contribution in [3.05, 3.63) is 81.8 Å². The van der Waals surface area contributed by atoms with Crippen molar-refractivity contribution in [3.63, 3.8) is 0 Å². The molecule has 5 rings (SSSR count). The average Bonchev–Trinajstić information content (AvgIpc) is 3.04. The molecule has 0 aromatic heterocycles. The molecule has 0 bridgehead atoms. The topological polar surface area (TPSA) is 24.7 Å². The number of rotatable bonds is 0. The van der Waals surface area contributed by atoms with E-state index in [1.165, 1.54) is 21.6 Å². The van der Waals surface area contributed by atoms with Crippen LogP contribution in [0.2, 0.25) is 0 Å². The Morgan fingerprint density at radius 2 is 1.43 bits per heavy atom. The van der Waals surface area contributed by atoms with E-state index in [1.807, 2.05) is 12.1 Å². The lowest BCUT2D eigenvalue weighted by molar-refractivity contribution is 1.36. The largest absolute Gasteiger partial charge is 0.248 e. The zero-order chi connectivity index (χ0) is 13.1. The second kappa shape index (κ2) is 4.27. The molecule has 0 fully saturated rings. The summed E-state index contributed by atoms with van der Waals surface area (Å²) in [6, 6.07) is 20.8. The Kier molecular flexibility index (Phi) is 2.50. The fourth-order valence-electron chi connectivity index (χ4n) is 3.10. The first kappa shape index (κ1) is 12.3. The van der Waals surface area contributed by atoms with Gasteiger partial charge in [-0.1, -0.05) is 36.4 Å². The van der Waals surface area contributed by atoms with Crippen LogP contribution in [-0.2, 0) is 0 Å². The van der Waals surface area contributed by atoms with Gasteiger partial charge in [-0.25, -0.2) is 9.98 Å². The second-order valence-corrected chi connectivity index (χ2v) is 5.11. The molecule has 2 heterocycles. The number of hydrogen-bond acceptors (Lipinski definition) is 2. The van der Waals surface area contributed by atoms with Crippen LogP contribution >= 0.6 is 12.4 Å². The monoisotopic (exact) mass is 290 g/mol. The normalized spacial score (nSPS) is 12.2. The molecule has 0 radical (unpaired) electrons. The third-order valence-electron chi connectivity index (χ3n) is 4.00. The summed E-state index contributed by atoms with van der Waals surface area (Å²) in [4.78, 5) is 9.52. The Hall–Kier alpha value is -2.45. The summed E-state index contributed by atoms with van der Waals surface area (Å²) in [5.41, 5.74) is 4.48. The number of nitrogens with zero attached hydrogens (tertiary/aromatic N) is 2. The average molecular weight is 291 g/mol. The number of para-hydroxylation sites is 2. The molecule has 2 aliphatic rings. The summed E-state index contributed by atoms with van der Waals surface area (Å²) in [5.74, 6) is 0. The molecule has 21 heavy (non-hydrogen) atoms. The fourth-order valence-corrected chi connectivity index (χ4v) is 3.10. The maximum absolute atomic E-state index is 4.83. The summed E-state index contributed by atoms with van der Waals surface area (Å²) in [5, 5.41) is 4.52. The van der Waals surface area contributed by atoms with Crippen molar-refractivity contribution in [2.75, 3.05) is 0 Å². The van der Waals surface area contributed by atoms with E-state index in [0.29, 0.717) is 0 Å². The summed E-state index contributed by atoms with van der Waals surface area (Å²) >= 11 is 0. The lowest BCUT2D eigenvalue weighted by Crippen LogP contribution is -2.00. The SMILES string of the molecule is Cl.c1ccc2c(c1)N=c1ccc3c(c1-2)N=c1ccccc1=3.